The standard InChI is InChI=1S/C15H24N4O3S.ClH/c1-10-6-13(18-22-10)17-14(20)8-23-9-15(21)19-5-3-4-12(7-19)11(2)16;/h6,11-12H,3-5,7-9,16H2,1-2H3,(H,17,18,20);1H. The highest BCUT2D eigenvalue weighted by molar-refractivity contribution is 8.00. The molecule has 2 rings (SSSR count). The average molecular weight is 377 g/mol. The number of hydrogen-bond donors (Lipinski definition) is 2. The van der Waals surface area contributed by atoms with Crippen LogP contribution in [0.5, 0.6) is 0 Å². The third-order valence-corrected chi connectivity index (χ3v) is 4.83. The third kappa shape index (κ3) is 6.33. The van der Waals surface area contributed by atoms with E-state index in [4.69, 9.17) is 10.3 Å². The van der Waals surface area contributed by atoms with Crippen LogP contribution < -0.4 is 11.1 Å². The molecule has 2 unspecified atom stereocenters. The fraction of sp³-hybridized carbons (Fsp3) is 0.667. The Kier molecular flexibility index (Phi) is 8.58. The lowest BCUT2D eigenvalue weighted by Crippen LogP contribution is -2.45. The molecule has 0 aromatic carbocycles. The van der Waals surface area contributed by atoms with Crippen molar-refractivity contribution in [3.05, 3.63) is 11.8 Å². The molecule has 9 heteroatoms. The van der Waals surface area contributed by atoms with Gasteiger partial charge in [-0.2, -0.15) is 0 Å². The van der Waals surface area contributed by atoms with Gasteiger partial charge in [0.15, 0.2) is 5.82 Å². The Morgan fingerprint density at radius 3 is 2.92 bits per heavy atom. The van der Waals surface area contributed by atoms with E-state index in [1.165, 1.54) is 11.8 Å². The molecule has 1 aromatic heterocycles. The maximum atomic E-state index is 12.2. The molecule has 0 saturated carbocycles. The van der Waals surface area contributed by atoms with Crippen molar-refractivity contribution >= 4 is 41.8 Å². The number of nitrogens with zero attached hydrogens (tertiary/aromatic N) is 2. The topological polar surface area (TPSA) is 101 Å². The summed E-state index contributed by atoms with van der Waals surface area (Å²) in [6.07, 6.45) is 2.07. The van der Waals surface area contributed by atoms with Crippen molar-refractivity contribution in [2.45, 2.75) is 32.7 Å². The fourth-order valence-corrected chi connectivity index (χ4v) is 3.31. The van der Waals surface area contributed by atoms with Crippen LogP contribution in [0, 0.1) is 12.8 Å². The molecule has 24 heavy (non-hydrogen) atoms. The SMILES string of the molecule is Cc1cc(NC(=O)CSCC(=O)N2CCCC(C(C)N)C2)no1.Cl. The molecular weight excluding hydrogens is 352 g/mol. The molecular formula is C15H25ClN4O3S. The van der Waals surface area contributed by atoms with E-state index in [9.17, 15) is 9.59 Å². The Labute approximate surface area is 152 Å². The normalized spacial score (nSPS) is 18.6. The number of aryl methyl sites for hydroxylation is 1. The number of likely N-dealkylation sites (tertiary alicyclic amines) is 1. The second-order valence-electron chi connectivity index (χ2n) is 5.96. The number of halogens is 1. The minimum Gasteiger partial charge on any atom is -0.360 e. The van der Waals surface area contributed by atoms with E-state index < -0.39 is 0 Å². The molecule has 2 atom stereocenters. The highest BCUT2D eigenvalue weighted by atomic mass is 35.5. The molecule has 2 amide bonds. The molecule has 0 spiro atoms. The number of thioether (sulfide) groups is 1. The maximum absolute atomic E-state index is 12.2. The first-order valence-corrected chi connectivity index (χ1v) is 8.95. The van der Waals surface area contributed by atoms with Gasteiger partial charge in [-0.3, -0.25) is 9.59 Å². The quantitative estimate of drug-likeness (QED) is 0.782. The van der Waals surface area contributed by atoms with E-state index in [1.807, 2.05) is 11.8 Å². The molecule has 0 radical (unpaired) electrons. The van der Waals surface area contributed by atoms with Crippen molar-refractivity contribution in [2.24, 2.45) is 11.7 Å². The molecule has 136 valence electrons. The summed E-state index contributed by atoms with van der Waals surface area (Å²) in [4.78, 5) is 25.8. The third-order valence-electron chi connectivity index (χ3n) is 3.91. The number of carbonyl (C=O) groups excluding carboxylic acids is 2. The Hall–Kier alpha value is -1.25. The van der Waals surface area contributed by atoms with Crippen LogP contribution in [-0.2, 0) is 9.59 Å². The van der Waals surface area contributed by atoms with Gasteiger partial charge in [0.2, 0.25) is 11.8 Å². The van der Waals surface area contributed by atoms with Gasteiger partial charge in [0.05, 0.1) is 11.5 Å². The number of hydrogen-bond acceptors (Lipinski definition) is 6. The van der Waals surface area contributed by atoms with Crippen LogP contribution >= 0.6 is 24.2 Å². The van der Waals surface area contributed by atoms with Gasteiger partial charge >= 0.3 is 0 Å². The van der Waals surface area contributed by atoms with E-state index in [0.29, 0.717) is 23.2 Å². The van der Waals surface area contributed by atoms with Crippen LogP contribution in [0.2, 0.25) is 0 Å². The lowest BCUT2D eigenvalue weighted by atomic mass is 9.92. The zero-order valence-corrected chi connectivity index (χ0v) is 15.6. The van der Waals surface area contributed by atoms with Gasteiger partial charge in [0, 0.05) is 25.2 Å². The smallest absolute Gasteiger partial charge is 0.235 e. The van der Waals surface area contributed by atoms with Crippen molar-refractivity contribution in [1.29, 1.82) is 0 Å². The average Bonchev–Trinajstić information content (AvgIpc) is 2.92. The van der Waals surface area contributed by atoms with E-state index in [-0.39, 0.29) is 36.0 Å². The zero-order chi connectivity index (χ0) is 16.8. The van der Waals surface area contributed by atoms with Crippen molar-refractivity contribution in [3.63, 3.8) is 0 Å². The number of amides is 2. The molecule has 1 aliphatic heterocycles. The van der Waals surface area contributed by atoms with Gasteiger partial charge in [-0.25, -0.2) is 0 Å². The summed E-state index contributed by atoms with van der Waals surface area (Å²) in [5, 5.41) is 6.33. The van der Waals surface area contributed by atoms with Crippen molar-refractivity contribution in [2.75, 3.05) is 29.9 Å². The Morgan fingerprint density at radius 2 is 2.29 bits per heavy atom. The van der Waals surface area contributed by atoms with E-state index >= 15 is 0 Å². The van der Waals surface area contributed by atoms with Crippen molar-refractivity contribution in [3.8, 4) is 0 Å². The molecule has 1 fully saturated rings. The number of nitrogens with two attached hydrogens (primary N) is 1. The minimum atomic E-state index is -0.191. The fourth-order valence-electron chi connectivity index (χ4n) is 2.59. The maximum Gasteiger partial charge on any atom is 0.235 e. The number of rotatable bonds is 6. The van der Waals surface area contributed by atoms with Crippen molar-refractivity contribution in [1.82, 2.24) is 10.1 Å². The van der Waals surface area contributed by atoms with Crippen LogP contribution in [-0.4, -0.2) is 52.5 Å². The summed E-state index contributed by atoms with van der Waals surface area (Å²) in [5.41, 5.74) is 5.93. The molecule has 0 aliphatic carbocycles. The summed E-state index contributed by atoms with van der Waals surface area (Å²) in [5.74, 6) is 1.80. The Balaban J connectivity index is 0.00000288. The van der Waals surface area contributed by atoms with Gasteiger partial charge in [-0.1, -0.05) is 5.16 Å². The second-order valence-corrected chi connectivity index (χ2v) is 6.95. The van der Waals surface area contributed by atoms with Crippen LogP contribution in [0.25, 0.3) is 0 Å². The summed E-state index contributed by atoms with van der Waals surface area (Å²) >= 11 is 1.31. The Morgan fingerprint density at radius 1 is 1.54 bits per heavy atom. The predicted molar refractivity (Wildman–Crippen MR) is 97.4 cm³/mol. The summed E-state index contributed by atoms with van der Waals surface area (Å²) < 4.78 is 4.87. The first-order valence-electron chi connectivity index (χ1n) is 7.80. The van der Waals surface area contributed by atoms with Crippen LogP contribution in [0.3, 0.4) is 0 Å². The zero-order valence-electron chi connectivity index (χ0n) is 14.0. The first-order chi connectivity index (χ1) is 11.0. The Bertz CT molecular complexity index is 553. The highest BCUT2D eigenvalue weighted by Crippen LogP contribution is 2.19. The molecule has 2 heterocycles. The van der Waals surface area contributed by atoms with E-state index in [2.05, 4.69) is 10.5 Å². The van der Waals surface area contributed by atoms with Crippen molar-refractivity contribution < 1.29 is 14.1 Å². The highest BCUT2D eigenvalue weighted by Gasteiger charge is 2.25. The minimum absolute atomic E-state index is 0. The van der Waals surface area contributed by atoms with Gasteiger partial charge in [0.1, 0.15) is 5.76 Å². The molecule has 1 aliphatic rings. The van der Waals surface area contributed by atoms with E-state index in [0.717, 1.165) is 25.9 Å². The predicted octanol–water partition coefficient (Wildman–Crippen LogP) is 1.66. The number of carbonyl (C=O) groups is 2. The lowest BCUT2D eigenvalue weighted by Gasteiger charge is -2.34. The number of piperidine rings is 1. The van der Waals surface area contributed by atoms with Crippen LogP contribution in [0.4, 0.5) is 5.82 Å². The van der Waals surface area contributed by atoms with Gasteiger partial charge in [0.25, 0.3) is 0 Å². The molecule has 1 aromatic rings. The second kappa shape index (κ2) is 9.90. The largest absolute Gasteiger partial charge is 0.360 e. The summed E-state index contributed by atoms with van der Waals surface area (Å²) in [6.45, 7) is 5.25. The molecule has 1 saturated heterocycles. The van der Waals surface area contributed by atoms with E-state index in [1.54, 1.807) is 13.0 Å². The first kappa shape index (κ1) is 20.8. The van der Waals surface area contributed by atoms with Crippen LogP contribution in [0.1, 0.15) is 25.5 Å². The number of aromatic nitrogens is 1. The van der Waals surface area contributed by atoms with Gasteiger partial charge in [-0.05, 0) is 32.6 Å². The summed E-state index contributed by atoms with van der Waals surface area (Å²) in [7, 11) is 0. The number of nitrogens with one attached hydrogen (secondary N) is 1. The summed E-state index contributed by atoms with van der Waals surface area (Å²) in [6, 6.07) is 1.75. The monoisotopic (exact) mass is 376 g/mol. The molecule has 3 N–H and O–H groups in total. The molecule has 7 nitrogen and oxygen atoms in total. The number of anilines is 1. The van der Waals surface area contributed by atoms with Gasteiger partial charge in [-0.15, -0.1) is 24.2 Å². The molecule has 0 bridgehead atoms. The van der Waals surface area contributed by atoms with Gasteiger partial charge < -0.3 is 20.5 Å². The lowest BCUT2D eigenvalue weighted by molar-refractivity contribution is -0.130. The van der Waals surface area contributed by atoms with Crippen LogP contribution in [0.15, 0.2) is 10.6 Å².